The van der Waals surface area contributed by atoms with Crippen LogP contribution in [-0.2, 0) is 17.8 Å². The van der Waals surface area contributed by atoms with Crippen molar-refractivity contribution in [2.75, 3.05) is 5.32 Å². The van der Waals surface area contributed by atoms with Crippen LogP contribution in [0.2, 0.25) is 0 Å². The second-order valence-electron chi connectivity index (χ2n) is 3.36. The molecule has 0 aliphatic rings. The summed E-state index contributed by atoms with van der Waals surface area (Å²) in [5.41, 5.74) is 0. The van der Waals surface area contributed by atoms with Crippen LogP contribution in [0.25, 0.3) is 0 Å². The maximum atomic E-state index is 11.5. The molecule has 2 aromatic rings. The van der Waals surface area contributed by atoms with E-state index in [-0.39, 0.29) is 5.91 Å². The van der Waals surface area contributed by atoms with Gasteiger partial charge in [0.1, 0.15) is 17.7 Å². The first kappa shape index (κ1) is 12.4. The highest BCUT2D eigenvalue weighted by Gasteiger charge is 2.04. The van der Waals surface area contributed by atoms with Crippen molar-refractivity contribution in [3.8, 4) is 0 Å². The van der Waals surface area contributed by atoms with E-state index in [0.29, 0.717) is 11.7 Å². The van der Waals surface area contributed by atoms with Gasteiger partial charge in [-0.3, -0.25) is 10.1 Å². The van der Waals surface area contributed by atoms with E-state index < -0.39 is 0 Å². The summed E-state index contributed by atoms with van der Waals surface area (Å²) in [6.45, 7) is 2.49. The topological polar surface area (TPSA) is 85.6 Å². The van der Waals surface area contributed by atoms with Crippen molar-refractivity contribution in [2.45, 2.75) is 19.9 Å². The van der Waals surface area contributed by atoms with Crippen molar-refractivity contribution in [2.24, 2.45) is 0 Å². The highest BCUT2D eigenvalue weighted by atomic mass is 32.1. The highest BCUT2D eigenvalue weighted by molar-refractivity contribution is 7.15. The van der Waals surface area contributed by atoms with Gasteiger partial charge in [0, 0.05) is 6.08 Å². The van der Waals surface area contributed by atoms with Crippen LogP contribution in [0, 0.1) is 0 Å². The van der Waals surface area contributed by atoms with Crippen LogP contribution in [0.3, 0.4) is 0 Å². The lowest BCUT2D eigenvalue weighted by molar-refractivity contribution is -0.111. The number of hydrogen-bond donors (Lipinski definition) is 1. The average Bonchev–Trinajstić information content (AvgIpc) is 3.00. The van der Waals surface area contributed by atoms with Gasteiger partial charge >= 0.3 is 0 Å². The van der Waals surface area contributed by atoms with Crippen molar-refractivity contribution >= 4 is 22.4 Å². The summed E-state index contributed by atoms with van der Waals surface area (Å²) in [5.74, 6) is -0.228. The predicted octanol–water partition coefficient (Wildman–Crippen LogP) is 0.887. The molecule has 0 atom stereocenters. The molecule has 2 heterocycles. The molecule has 18 heavy (non-hydrogen) atoms. The van der Waals surface area contributed by atoms with Crippen LogP contribution >= 0.6 is 11.3 Å². The number of amides is 1. The molecule has 0 aliphatic heterocycles. The normalized spacial score (nSPS) is 10.9. The first-order valence-electron chi connectivity index (χ1n) is 5.40. The molecule has 7 nitrogen and oxygen atoms in total. The molecule has 0 aromatic carbocycles. The van der Waals surface area contributed by atoms with Crippen molar-refractivity contribution in [3.63, 3.8) is 0 Å². The fourth-order valence-corrected chi connectivity index (χ4v) is 1.87. The fraction of sp³-hybridized carbons (Fsp3) is 0.300. The first-order valence-corrected chi connectivity index (χ1v) is 6.22. The summed E-state index contributed by atoms with van der Waals surface area (Å²) in [5, 5.41) is 15.8. The zero-order chi connectivity index (χ0) is 12.8. The van der Waals surface area contributed by atoms with Crippen LogP contribution in [0.1, 0.15) is 11.9 Å². The quantitative estimate of drug-likeness (QED) is 0.810. The zero-order valence-corrected chi connectivity index (χ0v) is 10.6. The Balaban J connectivity index is 1.83. The molecule has 0 fully saturated rings. The Hall–Kier alpha value is -2.09. The Morgan fingerprint density at radius 2 is 2.44 bits per heavy atom. The predicted molar refractivity (Wildman–Crippen MR) is 67.1 cm³/mol. The third-order valence-electron chi connectivity index (χ3n) is 2.03. The number of allylic oxidation sites excluding steroid dienone is 1. The Morgan fingerprint density at radius 1 is 1.56 bits per heavy atom. The number of carbonyl (C=O) groups excluding carboxylic acids is 1. The Labute approximate surface area is 108 Å². The molecule has 0 radical (unpaired) electrons. The molecule has 94 valence electrons. The Morgan fingerprint density at radius 3 is 3.11 bits per heavy atom. The minimum atomic E-state index is -0.228. The average molecular weight is 264 g/mol. The van der Waals surface area contributed by atoms with Gasteiger partial charge in [0.2, 0.25) is 11.0 Å². The van der Waals surface area contributed by atoms with Crippen molar-refractivity contribution < 1.29 is 4.79 Å². The number of rotatable bonds is 5. The van der Waals surface area contributed by atoms with Crippen molar-refractivity contribution in [3.05, 3.63) is 29.8 Å². The van der Waals surface area contributed by atoms with Crippen LogP contribution < -0.4 is 5.32 Å². The lowest BCUT2D eigenvalue weighted by Gasteiger charge is -1.95. The first-order chi connectivity index (χ1) is 8.78. The Kier molecular flexibility index (Phi) is 4.13. The Bertz CT molecular complexity index is 532. The summed E-state index contributed by atoms with van der Waals surface area (Å²) < 4.78 is 1.61. The van der Waals surface area contributed by atoms with E-state index in [4.69, 9.17) is 0 Å². The van der Waals surface area contributed by atoms with E-state index in [1.54, 1.807) is 17.1 Å². The lowest BCUT2D eigenvalue weighted by Crippen LogP contribution is -2.08. The monoisotopic (exact) mass is 264 g/mol. The number of nitrogens with zero attached hydrogens (tertiary/aromatic N) is 5. The third-order valence-corrected chi connectivity index (χ3v) is 3.01. The number of aryl methyl sites for hydroxylation is 1. The van der Waals surface area contributed by atoms with E-state index in [1.165, 1.54) is 23.7 Å². The molecule has 0 saturated heterocycles. The number of nitrogens with one attached hydrogen (secondary N) is 1. The maximum Gasteiger partial charge on any atom is 0.249 e. The van der Waals surface area contributed by atoms with E-state index in [0.717, 1.165) is 11.4 Å². The third kappa shape index (κ3) is 3.45. The summed E-state index contributed by atoms with van der Waals surface area (Å²) in [6, 6.07) is 0. The van der Waals surface area contributed by atoms with Gasteiger partial charge in [-0.2, -0.15) is 5.10 Å². The van der Waals surface area contributed by atoms with Crippen LogP contribution in [0.15, 0.2) is 24.8 Å². The van der Waals surface area contributed by atoms with Gasteiger partial charge in [0.25, 0.3) is 0 Å². The van der Waals surface area contributed by atoms with E-state index >= 15 is 0 Å². The standard InChI is InChI=1S/C10H12N6OS/c1-2-9-14-15-10(18-9)13-8(17)4-3-5-16-7-11-6-12-16/h3-4,6-7H,2,5H2,1H3,(H,13,15,17)/b4-3+. The van der Waals surface area contributed by atoms with Gasteiger partial charge in [-0.15, -0.1) is 10.2 Å². The second-order valence-corrected chi connectivity index (χ2v) is 4.43. The van der Waals surface area contributed by atoms with Crippen LogP contribution in [-0.4, -0.2) is 30.9 Å². The highest BCUT2D eigenvalue weighted by Crippen LogP contribution is 2.14. The van der Waals surface area contributed by atoms with Gasteiger partial charge in [-0.1, -0.05) is 24.3 Å². The molecule has 2 rings (SSSR count). The largest absolute Gasteiger partial charge is 0.297 e. The van der Waals surface area contributed by atoms with Gasteiger partial charge in [-0.05, 0) is 6.42 Å². The minimum Gasteiger partial charge on any atom is -0.297 e. The second kappa shape index (κ2) is 6.01. The molecule has 2 aromatic heterocycles. The molecule has 0 unspecified atom stereocenters. The van der Waals surface area contributed by atoms with Gasteiger partial charge in [0.15, 0.2) is 0 Å². The summed E-state index contributed by atoms with van der Waals surface area (Å²) in [4.78, 5) is 15.3. The number of carbonyl (C=O) groups is 1. The number of hydrogen-bond acceptors (Lipinski definition) is 6. The van der Waals surface area contributed by atoms with E-state index in [9.17, 15) is 4.79 Å². The number of aromatic nitrogens is 5. The minimum absolute atomic E-state index is 0.228. The van der Waals surface area contributed by atoms with Crippen molar-refractivity contribution in [1.82, 2.24) is 25.0 Å². The summed E-state index contributed by atoms with van der Waals surface area (Å²) in [6.07, 6.45) is 6.98. The van der Waals surface area contributed by atoms with Gasteiger partial charge in [0.05, 0.1) is 6.54 Å². The summed E-state index contributed by atoms with van der Waals surface area (Å²) >= 11 is 1.38. The molecule has 0 spiro atoms. The smallest absolute Gasteiger partial charge is 0.249 e. The van der Waals surface area contributed by atoms with E-state index in [2.05, 4.69) is 25.6 Å². The molecular weight excluding hydrogens is 252 g/mol. The van der Waals surface area contributed by atoms with Crippen molar-refractivity contribution in [1.29, 1.82) is 0 Å². The molecular formula is C10H12N6OS. The molecule has 0 aliphatic carbocycles. The molecule has 1 amide bonds. The lowest BCUT2D eigenvalue weighted by atomic mass is 10.4. The molecule has 0 saturated carbocycles. The molecule has 8 heteroatoms. The van der Waals surface area contributed by atoms with Gasteiger partial charge < -0.3 is 0 Å². The fourth-order valence-electron chi connectivity index (χ4n) is 1.19. The molecule has 1 N–H and O–H groups in total. The van der Waals surface area contributed by atoms with Crippen LogP contribution in [0.4, 0.5) is 5.13 Å². The van der Waals surface area contributed by atoms with E-state index in [1.807, 2.05) is 6.92 Å². The number of anilines is 1. The SMILES string of the molecule is CCc1nnc(NC(=O)/C=C/Cn2cncn2)s1. The molecule has 0 bridgehead atoms. The van der Waals surface area contributed by atoms with Gasteiger partial charge in [-0.25, -0.2) is 9.67 Å². The maximum absolute atomic E-state index is 11.5. The van der Waals surface area contributed by atoms with Crippen LogP contribution in [0.5, 0.6) is 0 Å². The summed E-state index contributed by atoms with van der Waals surface area (Å²) in [7, 11) is 0. The zero-order valence-electron chi connectivity index (χ0n) is 9.78.